The fraction of sp³-hybridized carbons (Fsp3) is 0.700. The van der Waals surface area contributed by atoms with E-state index in [-0.39, 0.29) is 5.75 Å². The zero-order valence-corrected chi connectivity index (χ0v) is 10.5. The van der Waals surface area contributed by atoms with E-state index < -0.39 is 5.97 Å². The summed E-state index contributed by atoms with van der Waals surface area (Å²) in [5.74, 6) is -0.505. The van der Waals surface area contributed by atoms with Crippen molar-refractivity contribution in [3.8, 4) is 0 Å². The summed E-state index contributed by atoms with van der Waals surface area (Å²) >= 11 is 1.16. The number of carboxylic acid groups (broad SMARTS) is 1. The number of aromatic nitrogens is 3. The van der Waals surface area contributed by atoms with Gasteiger partial charge in [-0.2, -0.15) is 0 Å². The largest absolute Gasteiger partial charge is 0.481 e. The Morgan fingerprint density at radius 1 is 1.59 bits per heavy atom. The summed E-state index contributed by atoms with van der Waals surface area (Å²) in [4.78, 5) is 10.5. The van der Waals surface area contributed by atoms with Gasteiger partial charge in [-0.3, -0.25) is 9.36 Å². The molecule has 1 saturated carbocycles. The minimum absolute atomic E-state index is 0.0166. The number of hydrogen-bond donors (Lipinski definition) is 2. The van der Waals surface area contributed by atoms with Gasteiger partial charge in [0.05, 0.1) is 5.75 Å². The van der Waals surface area contributed by atoms with Crippen LogP contribution >= 0.6 is 11.8 Å². The van der Waals surface area contributed by atoms with Gasteiger partial charge in [0.15, 0.2) is 5.16 Å². The normalized spacial score (nSPS) is 17.0. The molecule has 6 nitrogen and oxygen atoms in total. The van der Waals surface area contributed by atoms with Gasteiger partial charge in [-0.05, 0) is 24.7 Å². The summed E-state index contributed by atoms with van der Waals surface area (Å²) < 4.78 is 1.84. The molecule has 1 heterocycles. The quantitative estimate of drug-likeness (QED) is 0.743. The lowest BCUT2D eigenvalue weighted by atomic mass is 10.0. The van der Waals surface area contributed by atoms with Gasteiger partial charge in [0, 0.05) is 6.54 Å². The van der Waals surface area contributed by atoms with Crippen LogP contribution in [0.1, 0.15) is 26.2 Å². The van der Waals surface area contributed by atoms with Crippen molar-refractivity contribution in [3.63, 3.8) is 0 Å². The van der Waals surface area contributed by atoms with Crippen molar-refractivity contribution in [3.05, 3.63) is 0 Å². The average molecular weight is 256 g/mol. The van der Waals surface area contributed by atoms with Crippen LogP contribution in [0.3, 0.4) is 0 Å². The highest BCUT2D eigenvalue weighted by molar-refractivity contribution is 7.99. The van der Waals surface area contributed by atoms with E-state index in [0.717, 1.165) is 24.7 Å². The number of thioether (sulfide) groups is 1. The zero-order valence-electron chi connectivity index (χ0n) is 9.72. The second kappa shape index (κ2) is 4.56. The fourth-order valence-electron chi connectivity index (χ4n) is 1.82. The molecule has 0 unspecified atom stereocenters. The first-order chi connectivity index (χ1) is 8.06. The van der Waals surface area contributed by atoms with Gasteiger partial charge >= 0.3 is 5.97 Å². The summed E-state index contributed by atoms with van der Waals surface area (Å²) in [5, 5.41) is 17.0. The summed E-state index contributed by atoms with van der Waals surface area (Å²) in [5.41, 5.74) is 6.09. The number of rotatable bonds is 6. The van der Waals surface area contributed by atoms with E-state index in [0.29, 0.717) is 16.5 Å². The van der Waals surface area contributed by atoms with Gasteiger partial charge in [0.2, 0.25) is 5.95 Å². The van der Waals surface area contributed by atoms with Crippen LogP contribution in [0.4, 0.5) is 5.95 Å². The first kappa shape index (κ1) is 12.2. The summed E-state index contributed by atoms with van der Waals surface area (Å²) in [6, 6.07) is 0. The fourth-order valence-corrected chi connectivity index (χ4v) is 2.48. The van der Waals surface area contributed by atoms with Gasteiger partial charge in [-0.25, -0.2) is 0 Å². The zero-order chi connectivity index (χ0) is 12.5. The number of nitrogen functional groups attached to an aromatic ring is 1. The van der Waals surface area contributed by atoms with Gasteiger partial charge in [0.1, 0.15) is 0 Å². The number of aliphatic carboxylic acids is 1. The van der Waals surface area contributed by atoms with Crippen LogP contribution in [-0.2, 0) is 11.3 Å². The Kier molecular flexibility index (Phi) is 3.28. The summed E-state index contributed by atoms with van der Waals surface area (Å²) in [6.45, 7) is 2.96. The molecular formula is C10H16N4O2S. The van der Waals surface area contributed by atoms with Crippen LogP contribution in [-0.4, -0.2) is 31.6 Å². The van der Waals surface area contributed by atoms with Crippen molar-refractivity contribution >= 4 is 23.7 Å². The second-order valence-corrected chi connectivity index (χ2v) is 5.41. The molecule has 1 fully saturated rings. The minimum atomic E-state index is -0.861. The molecule has 1 aliphatic rings. The molecule has 0 saturated heterocycles. The molecule has 1 aliphatic carbocycles. The monoisotopic (exact) mass is 256 g/mol. The van der Waals surface area contributed by atoms with E-state index in [2.05, 4.69) is 17.1 Å². The Bertz CT molecular complexity index is 428. The van der Waals surface area contributed by atoms with E-state index in [4.69, 9.17) is 10.8 Å². The average Bonchev–Trinajstić information content (AvgIpc) is 2.99. The molecule has 0 aromatic carbocycles. The number of carboxylic acids is 1. The van der Waals surface area contributed by atoms with Crippen LogP contribution in [0.2, 0.25) is 0 Å². The lowest BCUT2D eigenvalue weighted by Gasteiger charge is -2.15. The molecule has 0 radical (unpaired) electrons. The molecule has 17 heavy (non-hydrogen) atoms. The van der Waals surface area contributed by atoms with Crippen molar-refractivity contribution in [1.29, 1.82) is 0 Å². The highest BCUT2D eigenvalue weighted by Crippen LogP contribution is 2.50. The lowest BCUT2D eigenvalue weighted by Crippen LogP contribution is -2.14. The predicted molar refractivity (Wildman–Crippen MR) is 64.8 cm³/mol. The Balaban J connectivity index is 2.09. The third kappa shape index (κ3) is 2.71. The van der Waals surface area contributed by atoms with Crippen LogP contribution < -0.4 is 5.73 Å². The predicted octanol–water partition coefficient (Wildman–Crippen LogP) is 1.23. The molecule has 0 aliphatic heterocycles. The van der Waals surface area contributed by atoms with Crippen molar-refractivity contribution in [1.82, 2.24) is 14.8 Å². The maximum atomic E-state index is 10.5. The van der Waals surface area contributed by atoms with Gasteiger partial charge < -0.3 is 10.8 Å². The minimum Gasteiger partial charge on any atom is -0.481 e. The molecule has 1 aromatic heterocycles. The maximum absolute atomic E-state index is 10.5. The lowest BCUT2D eigenvalue weighted by molar-refractivity contribution is -0.133. The highest BCUT2D eigenvalue weighted by Gasteiger charge is 2.41. The molecule has 0 amide bonds. The molecule has 94 valence electrons. The molecule has 1 aromatic rings. The Hall–Kier alpha value is -1.24. The number of carbonyl (C=O) groups is 1. The van der Waals surface area contributed by atoms with E-state index in [1.165, 1.54) is 12.8 Å². The van der Waals surface area contributed by atoms with Crippen molar-refractivity contribution in [2.75, 3.05) is 11.5 Å². The molecule has 0 bridgehead atoms. The van der Waals surface area contributed by atoms with E-state index >= 15 is 0 Å². The number of nitrogens with zero attached hydrogens (tertiary/aromatic N) is 3. The summed E-state index contributed by atoms with van der Waals surface area (Å²) in [6.07, 6.45) is 3.50. The third-order valence-corrected chi connectivity index (χ3v) is 4.22. The van der Waals surface area contributed by atoms with Crippen molar-refractivity contribution in [2.24, 2.45) is 5.41 Å². The second-order valence-electron chi connectivity index (χ2n) is 4.46. The van der Waals surface area contributed by atoms with Crippen LogP contribution in [0, 0.1) is 5.41 Å². The Labute approximate surface area is 104 Å². The number of anilines is 1. The summed E-state index contributed by atoms with van der Waals surface area (Å²) in [7, 11) is 0. The third-order valence-electron chi connectivity index (χ3n) is 3.27. The van der Waals surface area contributed by atoms with E-state index in [1.54, 1.807) is 0 Å². The maximum Gasteiger partial charge on any atom is 0.313 e. The topological polar surface area (TPSA) is 94.0 Å². The SMILES string of the molecule is CCC1(Cn2c(N)nnc2SCC(=O)O)CC1. The Morgan fingerprint density at radius 3 is 2.82 bits per heavy atom. The van der Waals surface area contributed by atoms with Crippen molar-refractivity contribution < 1.29 is 9.90 Å². The van der Waals surface area contributed by atoms with Crippen LogP contribution in [0.5, 0.6) is 0 Å². The molecular weight excluding hydrogens is 240 g/mol. The van der Waals surface area contributed by atoms with Crippen LogP contribution in [0.25, 0.3) is 0 Å². The first-order valence-electron chi connectivity index (χ1n) is 5.59. The molecule has 3 N–H and O–H groups in total. The van der Waals surface area contributed by atoms with Crippen molar-refractivity contribution in [2.45, 2.75) is 37.9 Å². The standard InChI is InChI=1S/C10H16N4O2S/c1-2-10(3-4-10)6-14-8(11)12-13-9(14)17-5-7(15)16/h2-6H2,1H3,(H2,11,12)(H,15,16). The van der Waals surface area contributed by atoms with E-state index in [1.807, 2.05) is 4.57 Å². The van der Waals surface area contributed by atoms with Crippen LogP contribution in [0.15, 0.2) is 5.16 Å². The van der Waals surface area contributed by atoms with E-state index in [9.17, 15) is 4.79 Å². The number of hydrogen-bond acceptors (Lipinski definition) is 5. The first-order valence-corrected chi connectivity index (χ1v) is 6.58. The van der Waals surface area contributed by atoms with Gasteiger partial charge in [0.25, 0.3) is 0 Å². The van der Waals surface area contributed by atoms with Gasteiger partial charge in [-0.15, -0.1) is 10.2 Å². The number of nitrogens with two attached hydrogens (primary N) is 1. The Morgan fingerprint density at radius 2 is 2.29 bits per heavy atom. The molecule has 7 heteroatoms. The molecule has 0 atom stereocenters. The smallest absolute Gasteiger partial charge is 0.313 e. The highest BCUT2D eigenvalue weighted by atomic mass is 32.2. The van der Waals surface area contributed by atoms with Gasteiger partial charge in [-0.1, -0.05) is 18.7 Å². The molecule has 0 spiro atoms. The molecule has 2 rings (SSSR count).